The first-order valence-electron chi connectivity index (χ1n) is 4.10. The molecule has 0 N–H and O–H groups in total. The lowest BCUT2D eigenvalue weighted by atomic mass is 10.3. The zero-order valence-electron chi connectivity index (χ0n) is 7.59. The van der Waals surface area contributed by atoms with Crippen molar-refractivity contribution in [2.45, 2.75) is 13.3 Å². The number of nitrogens with zero attached hydrogens (tertiary/aromatic N) is 1. The standard InChI is InChI=1S/C9H9Br2NO2/c1-2-14-8(13)5-6-3-4-7(10)9(11)12-6/h3-4H,2,5H2,1H3. The minimum atomic E-state index is -0.255. The van der Waals surface area contributed by atoms with Crippen LogP contribution in [-0.2, 0) is 16.0 Å². The quantitative estimate of drug-likeness (QED) is 0.634. The maximum atomic E-state index is 11.1. The minimum Gasteiger partial charge on any atom is -0.466 e. The number of rotatable bonds is 3. The van der Waals surface area contributed by atoms with Crippen LogP contribution in [-0.4, -0.2) is 17.6 Å². The molecule has 1 rings (SSSR count). The Morgan fingerprint density at radius 3 is 2.79 bits per heavy atom. The zero-order chi connectivity index (χ0) is 10.6. The van der Waals surface area contributed by atoms with E-state index < -0.39 is 0 Å². The highest BCUT2D eigenvalue weighted by atomic mass is 79.9. The maximum absolute atomic E-state index is 11.1. The largest absolute Gasteiger partial charge is 0.466 e. The van der Waals surface area contributed by atoms with E-state index in [-0.39, 0.29) is 12.4 Å². The number of carbonyl (C=O) groups is 1. The molecule has 3 nitrogen and oxygen atoms in total. The van der Waals surface area contributed by atoms with Gasteiger partial charge in [0.25, 0.3) is 0 Å². The summed E-state index contributed by atoms with van der Waals surface area (Å²) in [6.07, 6.45) is 0.208. The van der Waals surface area contributed by atoms with Gasteiger partial charge in [0.05, 0.1) is 23.2 Å². The molecule has 5 heteroatoms. The van der Waals surface area contributed by atoms with Gasteiger partial charge in [-0.15, -0.1) is 0 Å². The number of ether oxygens (including phenoxy) is 1. The van der Waals surface area contributed by atoms with E-state index in [0.717, 1.165) is 4.47 Å². The van der Waals surface area contributed by atoms with Crippen molar-refractivity contribution < 1.29 is 9.53 Å². The summed E-state index contributed by atoms with van der Waals surface area (Å²) in [5.74, 6) is -0.255. The van der Waals surface area contributed by atoms with Gasteiger partial charge in [-0.1, -0.05) is 0 Å². The van der Waals surface area contributed by atoms with Gasteiger partial charge in [-0.25, -0.2) is 4.98 Å². The highest BCUT2D eigenvalue weighted by Gasteiger charge is 2.06. The lowest BCUT2D eigenvalue weighted by Crippen LogP contribution is -2.08. The van der Waals surface area contributed by atoms with Gasteiger partial charge in [0, 0.05) is 0 Å². The van der Waals surface area contributed by atoms with Gasteiger partial charge in [0.2, 0.25) is 0 Å². The van der Waals surface area contributed by atoms with Crippen molar-refractivity contribution in [2.75, 3.05) is 6.61 Å². The van der Waals surface area contributed by atoms with Crippen molar-refractivity contribution >= 4 is 37.8 Å². The predicted octanol–water partition coefficient (Wildman–Crippen LogP) is 2.71. The molecule has 0 fully saturated rings. The van der Waals surface area contributed by atoms with Crippen molar-refractivity contribution in [3.63, 3.8) is 0 Å². The number of esters is 1. The molecule has 1 heterocycles. The molecule has 0 aromatic carbocycles. The molecule has 0 amide bonds. The van der Waals surface area contributed by atoms with Crippen LogP contribution in [0.5, 0.6) is 0 Å². The lowest BCUT2D eigenvalue weighted by molar-refractivity contribution is -0.142. The monoisotopic (exact) mass is 321 g/mol. The fourth-order valence-corrected chi connectivity index (χ4v) is 1.49. The molecular weight excluding hydrogens is 314 g/mol. The third kappa shape index (κ3) is 3.38. The molecule has 0 unspecified atom stereocenters. The molecule has 0 radical (unpaired) electrons. The van der Waals surface area contributed by atoms with Gasteiger partial charge in [0.15, 0.2) is 0 Å². The Morgan fingerprint density at radius 1 is 1.50 bits per heavy atom. The summed E-state index contributed by atoms with van der Waals surface area (Å²) in [6, 6.07) is 3.62. The van der Waals surface area contributed by atoms with Crippen LogP contribution >= 0.6 is 31.9 Å². The first kappa shape index (κ1) is 11.7. The number of halogens is 2. The predicted molar refractivity (Wildman–Crippen MR) is 60.0 cm³/mol. The van der Waals surface area contributed by atoms with E-state index in [1.165, 1.54) is 0 Å². The van der Waals surface area contributed by atoms with Crippen molar-refractivity contribution in [1.29, 1.82) is 0 Å². The molecule has 0 saturated carbocycles. The molecule has 0 aliphatic carbocycles. The Bertz CT molecular complexity index is 342. The fraction of sp³-hybridized carbons (Fsp3) is 0.333. The summed E-state index contributed by atoms with van der Waals surface area (Å²) in [6.45, 7) is 2.18. The number of aromatic nitrogens is 1. The third-order valence-corrected chi connectivity index (χ3v) is 3.27. The van der Waals surface area contributed by atoms with E-state index in [4.69, 9.17) is 4.74 Å². The highest BCUT2D eigenvalue weighted by molar-refractivity contribution is 9.13. The van der Waals surface area contributed by atoms with E-state index in [1.807, 2.05) is 6.07 Å². The van der Waals surface area contributed by atoms with Crippen LogP contribution < -0.4 is 0 Å². The number of hydrogen-bond acceptors (Lipinski definition) is 3. The number of hydrogen-bond donors (Lipinski definition) is 0. The van der Waals surface area contributed by atoms with Crippen molar-refractivity contribution in [2.24, 2.45) is 0 Å². The average Bonchev–Trinajstić information content (AvgIpc) is 2.12. The van der Waals surface area contributed by atoms with Gasteiger partial charge in [-0.3, -0.25) is 4.79 Å². The normalized spacial score (nSPS) is 9.93. The van der Waals surface area contributed by atoms with E-state index in [0.29, 0.717) is 16.9 Å². The molecule has 76 valence electrons. The first-order chi connectivity index (χ1) is 6.63. The maximum Gasteiger partial charge on any atom is 0.311 e. The number of pyridine rings is 1. The lowest BCUT2D eigenvalue weighted by Gasteiger charge is -2.02. The van der Waals surface area contributed by atoms with Gasteiger partial charge in [-0.2, -0.15) is 0 Å². The third-order valence-electron chi connectivity index (χ3n) is 1.49. The SMILES string of the molecule is CCOC(=O)Cc1ccc(Br)c(Br)n1. The second-order valence-corrected chi connectivity index (χ2v) is 4.16. The summed E-state index contributed by atoms with van der Waals surface area (Å²) >= 11 is 6.57. The summed E-state index contributed by atoms with van der Waals surface area (Å²) in [7, 11) is 0. The molecule has 0 saturated heterocycles. The molecule has 14 heavy (non-hydrogen) atoms. The average molecular weight is 323 g/mol. The van der Waals surface area contributed by atoms with Crippen LogP contribution in [0, 0.1) is 0 Å². The smallest absolute Gasteiger partial charge is 0.311 e. The molecule has 0 bridgehead atoms. The van der Waals surface area contributed by atoms with Crippen molar-refractivity contribution in [3.8, 4) is 0 Å². The highest BCUT2D eigenvalue weighted by Crippen LogP contribution is 2.20. The molecule has 0 aliphatic rings. The summed E-state index contributed by atoms with van der Waals surface area (Å²) < 4.78 is 6.37. The first-order valence-corrected chi connectivity index (χ1v) is 5.68. The molecule has 1 aromatic rings. The van der Waals surface area contributed by atoms with E-state index >= 15 is 0 Å². The fourth-order valence-electron chi connectivity index (χ4n) is 0.913. The van der Waals surface area contributed by atoms with Crippen molar-refractivity contribution in [1.82, 2.24) is 4.98 Å². The minimum absolute atomic E-state index is 0.208. The molecule has 0 atom stereocenters. The zero-order valence-corrected chi connectivity index (χ0v) is 10.8. The van der Waals surface area contributed by atoms with E-state index in [2.05, 4.69) is 36.8 Å². The summed E-state index contributed by atoms with van der Waals surface area (Å²) in [5.41, 5.74) is 0.693. The molecular formula is C9H9Br2NO2. The molecule has 0 spiro atoms. The summed E-state index contributed by atoms with van der Waals surface area (Å²) in [5, 5.41) is 0. The Morgan fingerprint density at radius 2 is 2.21 bits per heavy atom. The Kier molecular flexibility index (Phi) is 4.54. The van der Waals surface area contributed by atoms with Crippen LogP contribution in [0.3, 0.4) is 0 Å². The van der Waals surface area contributed by atoms with Gasteiger partial charge in [-0.05, 0) is 50.9 Å². The Balaban J connectivity index is 2.68. The van der Waals surface area contributed by atoms with Gasteiger partial charge < -0.3 is 4.74 Å². The van der Waals surface area contributed by atoms with Crippen LogP contribution in [0.25, 0.3) is 0 Å². The van der Waals surface area contributed by atoms with Gasteiger partial charge >= 0.3 is 5.97 Å². The van der Waals surface area contributed by atoms with Gasteiger partial charge in [0.1, 0.15) is 4.60 Å². The summed E-state index contributed by atoms with van der Waals surface area (Å²) in [4.78, 5) is 15.3. The number of carbonyl (C=O) groups excluding carboxylic acids is 1. The van der Waals surface area contributed by atoms with Crippen LogP contribution in [0.15, 0.2) is 21.2 Å². The second kappa shape index (κ2) is 5.46. The second-order valence-electron chi connectivity index (χ2n) is 2.56. The van der Waals surface area contributed by atoms with E-state index in [1.54, 1.807) is 13.0 Å². The van der Waals surface area contributed by atoms with Crippen molar-refractivity contribution in [3.05, 3.63) is 26.9 Å². The Hall–Kier alpha value is -0.420. The van der Waals surface area contributed by atoms with Crippen LogP contribution in [0.4, 0.5) is 0 Å². The topological polar surface area (TPSA) is 39.2 Å². The van der Waals surface area contributed by atoms with Crippen LogP contribution in [0.1, 0.15) is 12.6 Å². The van der Waals surface area contributed by atoms with E-state index in [9.17, 15) is 4.79 Å². The molecule has 1 aromatic heterocycles. The van der Waals surface area contributed by atoms with Crippen LogP contribution in [0.2, 0.25) is 0 Å². The molecule has 0 aliphatic heterocycles. The Labute approximate surface area is 99.1 Å².